The highest BCUT2D eigenvalue weighted by Gasteiger charge is 2.34. The Labute approximate surface area is 235 Å². The molecule has 3 saturated heterocycles. The zero-order chi connectivity index (χ0) is 27.4. The van der Waals surface area contributed by atoms with E-state index in [1.807, 2.05) is 0 Å². The van der Waals surface area contributed by atoms with E-state index in [1.54, 1.807) is 0 Å². The van der Waals surface area contributed by atoms with Gasteiger partial charge in [-0.3, -0.25) is 19.8 Å². The molecule has 0 aromatic carbocycles. The van der Waals surface area contributed by atoms with Crippen molar-refractivity contribution in [2.75, 3.05) is 59.2 Å². The molecule has 0 aliphatic carbocycles. The van der Waals surface area contributed by atoms with Gasteiger partial charge in [0, 0.05) is 74.3 Å². The second-order valence-corrected chi connectivity index (χ2v) is 12.4. The summed E-state index contributed by atoms with van der Waals surface area (Å²) in [5.74, 6) is 1.11. The number of hydrogen-bond donors (Lipinski definition) is 0. The molecular formula is C32H48N4O3. The van der Waals surface area contributed by atoms with Gasteiger partial charge in [-0.05, 0) is 55.9 Å². The van der Waals surface area contributed by atoms with Gasteiger partial charge in [0.2, 0.25) is 0 Å². The molecule has 0 N–H and O–H groups in total. The van der Waals surface area contributed by atoms with Crippen molar-refractivity contribution in [2.24, 2.45) is 0 Å². The minimum Gasteiger partial charge on any atom is -0.379 e. The molecule has 5 rings (SSSR count). The van der Waals surface area contributed by atoms with Gasteiger partial charge in [-0.15, -0.1) is 0 Å². The molecule has 5 heterocycles. The third kappa shape index (κ3) is 6.71. The first-order valence-electron chi connectivity index (χ1n) is 15.0. The summed E-state index contributed by atoms with van der Waals surface area (Å²) < 4.78 is 17.5. The monoisotopic (exact) mass is 536 g/mol. The van der Waals surface area contributed by atoms with Gasteiger partial charge in [0.05, 0.1) is 38.2 Å². The molecule has 7 nitrogen and oxygen atoms in total. The predicted octanol–water partition coefficient (Wildman–Crippen LogP) is 5.07. The predicted molar refractivity (Wildman–Crippen MR) is 154 cm³/mol. The van der Waals surface area contributed by atoms with E-state index in [4.69, 9.17) is 24.2 Å². The van der Waals surface area contributed by atoms with Crippen LogP contribution in [0.2, 0.25) is 0 Å². The van der Waals surface area contributed by atoms with E-state index in [-0.39, 0.29) is 11.6 Å². The summed E-state index contributed by atoms with van der Waals surface area (Å²) in [6.45, 7) is 20.1. The fourth-order valence-electron chi connectivity index (χ4n) is 6.36. The molecule has 3 atom stereocenters. The molecule has 2 aromatic heterocycles. The van der Waals surface area contributed by atoms with Crippen LogP contribution in [0, 0.1) is 0 Å². The van der Waals surface area contributed by atoms with Crippen LogP contribution in [0.1, 0.15) is 93.4 Å². The molecule has 0 saturated carbocycles. The van der Waals surface area contributed by atoms with E-state index in [0.717, 1.165) is 84.3 Å². The second-order valence-electron chi connectivity index (χ2n) is 12.4. The Balaban J connectivity index is 1.29. The maximum absolute atomic E-state index is 6.38. The molecule has 0 spiro atoms. The summed E-state index contributed by atoms with van der Waals surface area (Å²) in [4.78, 5) is 15.1. The lowest BCUT2D eigenvalue weighted by atomic mass is 9.85. The highest BCUT2D eigenvalue weighted by molar-refractivity contribution is 5.30. The summed E-state index contributed by atoms with van der Waals surface area (Å²) in [6.07, 6.45) is 4.29. The average Bonchev–Trinajstić information content (AvgIpc) is 3.41. The number of nitrogens with zero attached hydrogens (tertiary/aromatic N) is 4. The first-order chi connectivity index (χ1) is 18.8. The third-order valence-corrected chi connectivity index (χ3v) is 9.09. The first-order valence-corrected chi connectivity index (χ1v) is 15.0. The summed E-state index contributed by atoms with van der Waals surface area (Å²) >= 11 is 0. The lowest BCUT2D eigenvalue weighted by molar-refractivity contribution is -0.0119. The standard InChI is InChI=1S/C32H48N4O3/c1-23(2)28-9-7-26(30(34-28)22-35-11-16-37-17-12-35)27-10-15-39-31(27)20-24(3)29-8-6-25(21-33-29)32(4,5)36-13-18-38-19-14-36/h6-9,21,23-24,27,31H,10-20,22H2,1-5H3/t24?,27-,31?/m0/s1. The fraction of sp³-hybridized carbons (Fsp3) is 0.688. The average molecular weight is 537 g/mol. The van der Waals surface area contributed by atoms with Crippen molar-refractivity contribution in [3.63, 3.8) is 0 Å². The minimum absolute atomic E-state index is 0.0514. The Morgan fingerprint density at radius 1 is 0.897 bits per heavy atom. The molecular weight excluding hydrogens is 488 g/mol. The summed E-state index contributed by atoms with van der Waals surface area (Å²) in [5.41, 5.74) is 6.13. The Morgan fingerprint density at radius 3 is 2.26 bits per heavy atom. The Morgan fingerprint density at radius 2 is 1.59 bits per heavy atom. The van der Waals surface area contributed by atoms with Crippen molar-refractivity contribution < 1.29 is 14.2 Å². The molecule has 3 aliphatic heterocycles. The van der Waals surface area contributed by atoms with Crippen LogP contribution >= 0.6 is 0 Å². The number of pyridine rings is 2. The van der Waals surface area contributed by atoms with Crippen LogP contribution in [-0.4, -0.2) is 85.1 Å². The Hall–Kier alpha value is -1.90. The molecule has 214 valence electrons. The van der Waals surface area contributed by atoms with Crippen molar-refractivity contribution in [1.29, 1.82) is 0 Å². The number of hydrogen-bond acceptors (Lipinski definition) is 7. The van der Waals surface area contributed by atoms with Gasteiger partial charge >= 0.3 is 0 Å². The van der Waals surface area contributed by atoms with Gasteiger partial charge in [-0.25, -0.2) is 0 Å². The molecule has 0 amide bonds. The molecule has 39 heavy (non-hydrogen) atoms. The van der Waals surface area contributed by atoms with Crippen molar-refractivity contribution in [2.45, 2.75) is 83.4 Å². The third-order valence-electron chi connectivity index (χ3n) is 9.09. The molecule has 0 bridgehead atoms. The molecule has 2 unspecified atom stereocenters. The summed E-state index contributed by atoms with van der Waals surface area (Å²) in [6, 6.07) is 9.08. The van der Waals surface area contributed by atoms with Crippen molar-refractivity contribution >= 4 is 0 Å². The number of morpholine rings is 2. The van der Waals surface area contributed by atoms with Crippen LogP contribution in [0.25, 0.3) is 0 Å². The maximum Gasteiger partial charge on any atom is 0.0651 e. The van der Waals surface area contributed by atoms with E-state index in [1.165, 1.54) is 22.5 Å². The molecule has 0 radical (unpaired) electrons. The Kier molecular flexibility index (Phi) is 9.35. The smallest absolute Gasteiger partial charge is 0.0651 e. The fourth-order valence-corrected chi connectivity index (χ4v) is 6.36. The SMILES string of the molecule is CC(C)c1ccc([C@@H]2CCOC2CC(C)c2ccc(C(C)(C)N3CCOCC3)cn2)c(CN2CCOCC2)n1. The van der Waals surface area contributed by atoms with Gasteiger partial charge in [0.25, 0.3) is 0 Å². The van der Waals surface area contributed by atoms with Crippen LogP contribution in [0.15, 0.2) is 30.5 Å². The van der Waals surface area contributed by atoms with Gasteiger partial charge in [-0.1, -0.05) is 32.9 Å². The highest BCUT2D eigenvalue weighted by Crippen LogP contribution is 2.39. The number of ether oxygens (including phenoxy) is 3. The number of rotatable bonds is 9. The molecule has 3 aliphatic rings. The van der Waals surface area contributed by atoms with Gasteiger partial charge in [-0.2, -0.15) is 0 Å². The summed E-state index contributed by atoms with van der Waals surface area (Å²) in [5, 5.41) is 0. The van der Waals surface area contributed by atoms with Crippen LogP contribution in [-0.2, 0) is 26.3 Å². The lowest BCUT2D eigenvalue weighted by Gasteiger charge is -2.41. The maximum atomic E-state index is 6.38. The highest BCUT2D eigenvalue weighted by atomic mass is 16.5. The van der Waals surface area contributed by atoms with E-state index < -0.39 is 0 Å². The Bertz CT molecular complexity index is 1060. The zero-order valence-corrected chi connectivity index (χ0v) is 24.7. The van der Waals surface area contributed by atoms with E-state index >= 15 is 0 Å². The second kappa shape index (κ2) is 12.7. The minimum atomic E-state index is -0.0514. The lowest BCUT2D eigenvalue weighted by Crippen LogP contribution is -2.48. The zero-order valence-electron chi connectivity index (χ0n) is 24.7. The van der Waals surface area contributed by atoms with Gasteiger partial charge < -0.3 is 14.2 Å². The van der Waals surface area contributed by atoms with Crippen LogP contribution in [0.3, 0.4) is 0 Å². The van der Waals surface area contributed by atoms with Crippen LogP contribution in [0.4, 0.5) is 0 Å². The molecule has 2 aromatic rings. The van der Waals surface area contributed by atoms with E-state index in [0.29, 0.717) is 17.8 Å². The summed E-state index contributed by atoms with van der Waals surface area (Å²) in [7, 11) is 0. The topological polar surface area (TPSA) is 60.0 Å². The van der Waals surface area contributed by atoms with E-state index in [9.17, 15) is 0 Å². The number of aromatic nitrogens is 2. The van der Waals surface area contributed by atoms with Crippen molar-refractivity contribution in [1.82, 2.24) is 19.8 Å². The van der Waals surface area contributed by atoms with E-state index in [2.05, 4.69) is 74.9 Å². The molecule has 7 heteroatoms. The van der Waals surface area contributed by atoms with Crippen molar-refractivity contribution in [3.05, 3.63) is 58.7 Å². The van der Waals surface area contributed by atoms with Crippen LogP contribution in [0.5, 0.6) is 0 Å². The quantitative estimate of drug-likeness (QED) is 0.444. The van der Waals surface area contributed by atoms with Crippen molar-refractivity contribution in [3.8, 4) is 0 Å². The van der Waals surface area contributed by atoms with Crippen LogP contribution < -0.4 is 0 Å². The largest absolute Gasteiger partial charge is 0.379 e. The normalized spacial score (nSPS) is 24.4. The van der Waals surface area contributed by atoms with Gasteiger partial charge in [0.15, 0.2) is 0 Å². The first kappa shape index (κ1) is 28.6. The van der Waals surface area contributed by atoms with Gasteiger partial charge in [0.1, 0.15) is 0 Å². The molecule has 3 fully saturated rings.